The van der Waals surface area contributed by atoms with Crippen LogP contribution in [0.25, 0.3) is 22.2 Å². The van der Waals surface area contributed by atoms with Crippen LogP contribution in [0.1, 0.15) is 36.8 Å². The first-order valence-corrected chi connectivity index (χ1v) is 17.2. The van der Waals surface area contributed by atoms with Crippen LogP contribution in [0.2, 0.25) is 0 Å². The molecule has 13 nitrogen and oxygen atoms in total. The number of aromatic amines is 2. The summed E-state index contributed by atoms with van der Waals surface area (Å²) >= 11 is 0. The Morgan fingerprint density at radius 3 is 2.27 bits per heavy atom. The molecule has 0 radical (unpaired) electrons. The molecule has 3 amide bonds. The molecule has 1 heterocycles. The van der Waals surface area contributed by atoms with Crippen LogP contribution < -0.4 is 21.6 Å². The average molecular weight is 677 g/mol. The molecule has 48 heavy (non-hydrogen) atoms. The number of aromatic nitrogens is 2. The fraction of sp³-hybridized carbons (Fsp3) is 0.353. The summed E-state index contributed by atoms with van der Waals surface area (Å²) in [6.45, 7) is 2.20. The van der Waals surface area contributed by atoms with Gasteiger partial charge < -0.3 is 31.0 Å². The number of hydrogen-bond acceptors (Lipinski definition) is 6. The second kappa shape index (κ2) is 14.4. The summed E-state index contributed by atoms with van der Waals surface area (Å²) in [4.78, 5) is 55.2. The van der Waals surface area contributed by atoms with Crippen molar-refractivity contribution in [2.45, 2.75) is 50.0 Å². The van der Waals surface area contributed by atoms with Gasteiger partial charge in [-0.1, -0.05) is 30.3 Å². The van der Waals surface area contributed by atoms with E-state index < -0.39 is 28.1 Å². The lowest BCUT2D eigenvalue weighted by atomic mass is 9.81. The van der Waals surface area contributed by atoms with E-state index in [1.165, 1.54) is 18.4 Å². The number of carboxylic acid groups (broad SMARTS) is 1. The van der Waals surface area contributed by atoms with E-state index in [0.717, 1.165) is 22.3 Å². The maximum atomic E-state index is 13.6. The lowest BCUT2D eigenvalue weighted by molar-refractivity contribution is -0.130. The summed E-state index contributed by atoms with van der Waals surface area (Å²) in [7, 11) is -0.588. The molecular formula is C34H40N6O7S. The average Bonchev–Trinajstić information content (AvgIpc) is 3.43. The van der Waals surface area contributed by atoms with Gasteiger partial charge in [0.1, 0.15) is 6.04 Å². The van der Waals surface area contributed by atoms with Crippen LogP contribution in [0.15, 0.2) is 70.4 Å². The normalized spacial score (nSPS) is 17.2. The third kappa shape index (κ3) is 8.12. The molecular weight excluding hydrogens is 636 g/mol. The fourth-order valence-corrected chi connectivity index (χ4v) is 7.07. The van der Waals surface area contributed by atoms with E-state index in [0.29, 0.717) is 48.9 Å². The summed E-state index contributed by atoms with van der Waals surface area (Å²) in [6, 6.07) is 16.6. The van der Waals surface area contributed by atoms with E-state index in [9.17, 15) is 27.6 Å². The Morgan fingerprint density at radius 1 is 0.938 bits per heavy atom. The Hall–Kier alpha value is -4.95. The van der Waals surface area contributed by atoms with E-state index >= 15 is 0 Å². The quantitative estimate of drug-likeness (QED) is 0.139. The zero-order valence-corrected chi connectivity index (χ0v) is 27.8. The topological polar surface area (TPSA) is 194 Å². The molecule has 0 aliphatic heterocycles. The molecule has 14 heteroatoms. The summed E-state index contributed by atoms with van der Waals surface area (Å²) in [5.74, 6) is -0.787. The van der Waals surface area contributed by atoms with Crippen LogP contribution >= 0.6 is 0 Å². The number of amides is 3. The van der Waals surface area contributed by atoms with Gasteiger partial charge in [0.25, 0.3) is 0 Å². The molecule has 1 aromatic heterocycles. The maximum absolute atomic E-state index is 13.6. The minimum absolute atomic E-state index is 0.162. The number of hydrogen-bond donors (Lipinski definition) is 6. The van der Waals surface area contributed by atoms with Crippen molar-refractivity contribution in [3.63, 3.8) is 0 Å². The van der Waals surface area contributed by atoms with E-state index in [2.05, 4.69) is 25.9 Å². The van der Waals surface area contributed by atoms with E-state index in [1.54, 1.807) is 36.4 Å². The van der Waals surface area contributed by atoms with Crippen LogP contribution in [0.3, 0.4) is 0 Å². The number of nitrogens with zero attached hydrogens (tertiary/aromatic N) is 1. The van der Waals surface area contributed by atoms with Crippen molar-refractivity contribution in [2.24, 2.45) is 11.8 Å². The number of imidazole rings is 1. The van der Waals surface area contributed by atoms with Crippen molar-refractivity contribution in [3.8, 4) is 11.1 Å². The van der Waals surface area contributed by atoms with Crippen LogP contribution in [0.4, 0.5) is 10.5 Å². The van der Waals surface area contributed by atoms with Gasteiger partial charge >= 0.3 is 11.8 Å². The van der Waals surface area contributed by atoms with Crippen molar-refractivity contribution in [1.82, 2.24) is 24.9 Å². The standard InChI is InChI=1S/C34H40N6O7S/c1-20-16-26(48(46,47)40(2)3)13-14-27(20)23-8-4-21(5-9-23)17-30(32(42)36-25-12-15-28-29(18-25)39-33(43)38-28)37-31(41)24-10-6-22(7-11-24)19-35-34(44)45/h4-5,8-9,12-16,18,22,24,30,35H,6-7,10-11,17,19H2,1-3H3,(H,36,42)(H,37,41)(H,44,45)(H2,38,39,43)/t22?,24?,30-/m0/s1. The van der Waals surface area contributed by atoms with Crippen molar-refractivity contribution in [3.05, 3.63) is 82.3 Å². The summed E-state index contributed by atoms with van der Waals surface area (Å²) in [6.07, 6.45) is 1.72. The Bertz CT molecular complexity index is 1980. The maximum Gasteiger partial charge on any atom is 0.404 e. The molecule has 3 aromatic carbocycles. The molecule has 5 rings (SSSR count). The third-order valence-electron chi connectivity index (χ3n) is 8.86. The highest BCUT2D eigenvalue weighted by molar-refractivity contribution is 7.89. The molecule has 1 aliphatic carbocycles. The number of rotatable bonds is 11. The molecule has 6 N–H and O–H groups in total. The number of carbonyl (C=O) groups excluding carboxylic acids is 2. The number of anilines is 1. The smallest absolute Gasteiger partial charge is 0.404 e. The monoisotopic (exact) mass is 676 g/mol. The molecule has 0 spiro atoms. The first-order valence-electron chi connectivity index (χ1n) is 15.7. The number of H-pyrrole nitrogens is 2. The number of aryl methyl sites for hydroxylation is 1. The predicted octanol–water partition coefficient (Wildman–Crippen LogP) is 3.82. The van der Waals surface area contributed by atoms with Gasteiger partial charge in [-0.3, -0.25) is 9.59 Å². The van der Waals surface area contributed by atoms with Crippen molar-refractivity contribution in [1.29, 1.82) is 0 Å². The second-order valence-corrected chi connectivity index (χ2v) is 14.6. The highest BCUT2D eigenvalue weighted by Crippen LogP contribution is 2.30. The van der Waals surface area contributed by atoms with Crippen molar-refractivity contribution in [2.75, 3.05) is 26.0 Å². The van der Waals surface area contributed by atoms with Gasteiger partial charge in [-0.05, 0) is 91.1 Å². The highest BCUT2D eigenvalue weighted by Gasteiger charge is 2.30. The minimum atomic E-state index is -3.57. The Kier molecular flexibility index (Phi) is 10.3. The number of carbonyl (C=O) groups is 3. The van der Waals surface area contributed by atoms with Gasteiger partial charge in [0, 0.05) is 38.7 Å². The molecule has 254 valence electrons. The SMILES string of the molecule is Cc1cc(S(=O)(=O)N(C)C)ccc1-c1ccc(C[C@H](NC(=O)C2CCC(CNC(=O)O)CC2)C(=O)Nc2ccc3[nH]c(=O)[nH]c3c2)cc1. The van der Waals surface area contributed by atoms with Crippen LogP contribution in [0.5, 0.6) is 0 Å². The van der Waals surface area contributed by atoms with E-state index in [-0.39, 0.29) is 34.7 Å². The Labute approximate surface area is 278 Å². The lowest BCUT2D eigenvalue weighted by Gasteiger charge is -2.29. The largest absolute Gasteiger partial charge is 0.465 e. The van der Waals surface area contributed by atoms with Gasteiger partial charge in [0.05, 0.1) is 15.9 Å². The first-order chi connectivity index (χ1) is 22.8. The molecule has 4 aromatic rings. The molecule has 1 atom stereocenters. The molecule has 1 saturated carbocycles. The van der Waals surface area contributed by atoms with Crippen LogP contribution in [0, 0.1) is 18.8 Å². The summed E-state index contributed by atoms with van der Waals surface area (Å²) < 4.78 is 26.3. The highest BCUT2D eigenvalue weighted by atomic mass is 32.2. The van der Waals surface area contributed by atoms with Crippen LogP contribution in [-0.2, 0) is 26.0 Å². The molecule has 0 unspecified atom stereocenters. The summed E-state index contributed by atoms with van der Waals surface area (Å²) in [5.41, 5.74) is 4.57. The van der Waals surface area contributed by atoms with Crippen LogP contribution in [-0.4, -0.2) is 72.4 Å². The van der Waals surface area contributed by atoms with Gasteiger partial charge in [-0.25, -0.2) is 22.3 Å². The molecule has 0 bridgehead atoms. The van der Waals surface area contributed by atoms with E-state index in [1.807, 2.05) is 31.2 Å². The molecule has 1 aliphatic rings. The van der Waals surface area contributed by atoms with Gasteiger partial charge in [-0.2, -0.15) is 0 Å². The predicted molar refractivity (Wildman–Crippen MR) is 182 cm³/mol. The van der Waals surface area contributed by atoms with Gasteiger partial charge in [0.15, 0.2) is 0 Å². The number of benzene rings is 3. The molecule has 1 fully saturated rings. The molecule has 0 saturated heterocycles. The summed E-state index contributed by atoms with van der Waals surface area (Å²) in [5, 5.41) is 17.1. The van der Waals surface area contributed by atoms with Crippen molar-refractivity contribution < 1.29 is 27.9 Å². The third-order valence-corrected chi connectivity index (χ3v) is 10.7. The second-order valence-electron chi connectivity index (χ2n) is 12.5. The number of nitrogens with one attached hydrogen (secondary N) is 5. The minimum Gasteiger partial charge on any atom is -0.465 e. The Balaban J connectivity index is 1.32. The lowest BCUT2D eigenvalue weighted by Crippen LogP contribution is -2.48. The number of sulfonamides is 1. The van der Waals surface area contributed by atoms with Gasteiger partial charge in [0.2, 0.25) is 21.8 Å². The fourth-order valence-electron chi connectivity index (χ4n) is 6.09. The van der Waals surface area contributed by atoms with Gasteiger partial charge in [-0.15, -0.1) is 0 Å². The first kappa shape index (κ1) is 34.4. The zero-order valence-electron chi connectivity index (χ0n) is 27.0. The zero-order chi connectivity index (χ0) is 34.6. The Morgan fingerprint density at radius 2 is 1.62 bits per heavy atom. The van der Waals surface area contributed by atoms with Crippen molar-refractivity contribution >= 4 is 44.7 Å². The van der Waals surface area contributed by atoms with E-state index in [4.69, 9.17) is 5.11 Å². The number of fused-ring (bicyclic) bond motifs is 1.